The summed E-state index contributed by atoms with van der Waals surface area (Å²) >= 11 is 7.32. The fraction of sp³-hybridized carbons (Fsp3) is 0.190. The number of aromatic nitrogens is 3. The number of anilines is 1. The summed E-state index contributed by atoms with van der Waals surface area (Å²) in [5.41, 5.74) is 4.00. The highest BCUT2D eigenvalue weighted by atomic mass is 35.5. The molecule has 9 heteroatoms. The molecule has 4 heterocycles. The maximum absolute atomic E-state index is 12.8. The van der Waals surface area contributed by atoms with Crippen molar-refractivity contribution in [3.05, 3.63) is 64.1 Å². The van der Waals surface area contributed by atoms with E-state index in [1.54, 1.807) is 24.4 Å². The van der Waals surface area contributed by atoms with E-state index in [0.29, 0.717) is 38.6 Å². The number of nitrogens with zero attached hydrogens (tertiary/aromatic N) is 2. The van der Waals surface area contributed by atoms with Crippen molar-refractivity contribution in [2.45, 2.75) is 35.5 Å². The molecule has 150 valence electrons. The van der Waals surface area contributed by atoms with Crippen molar-refractivity contribution in [3.8, 4) is 0 Å². The third-order valence-corrected chi connectivity index (χ3v) is 6.41. The average Bonchev–Trinajstić information content (AvgIpc) is 3.45. The summed E-state index contributed by atoms with van der Waals surface area (Å²) < 4.78 is 11.9. The number of hydrogen-bond acceptors (Lipinski definition) is 7. The van der Waals surface area contributed by atoms with Crippen LogP contribution in [0.2, 0.25) is 5.02 Å². The van der Waals surface area contributed by atoms with Gasteiger partial charge in [-0.15, -0.1) is 0 Å². The minimum atomic E-state index is -0.278. The Morgan fingerprint density at radius 3 is 3.03 bits per heavy atom. The number of allylic oxidation sites excluding steroid dienone is 2. The van der Waals surface area contributed by atoms with E-state index in [0.717, 1.165) is 35.5 Å². The lowest BCUT2D eigenvalue weighted by Crippen LogP contribution is -2.26. The molecule has 6 rings (SSSR count). The number of oxazole rings is 1. The molecule has 0 amide bonds. The zero-order valence-electron chi connectivity index (χ0n) is 15.6. The van der Waals surface area contributed by atoms with Gasteiger partial charge in [-0.3, -0.25) is 9.89 Å². The molecule has 2 aliphatic rings. The second-order valence-electron chi connectivity index (χ2n) is 7.28. The zero-order valence-corrected chi connectivity index (χ0v) is 17.1. The molecule has 1 aliphatic carbocycles. The van der Waals surface area contributed by atoms with Crippen molar-refractivity contribution in [2.75, 3.05) is 5.32 Å². The van der Waals surface area contributed by atoms with Crippen LogP contribution in [0.25, 0.3) is 11.1 Å². The quantitative estimate of drug-likeness (QED) is 0.435. The lowest BCUT2D eigenvalue weighted by molar-refractivity contribution is -0.116. The third kappa shape index (κ3) is 2.86. The lowest BCUT2D eigenvalue weighted by atomic mass is 9.79. The van der Waals surface area contributed by atoms with Gasteiger partial charge in [-0.25, -0.2) is 4.98 Å². The Kier molecular flexibility index (Phi) is 4.04. The third-order valence-electron chi connectivity index (χ3n) is 5.40. The Morgan fingerprint density at radius 2 is 2.10 bits per heavy atom. The van der Waals surface area contributed by atoms with E-state index in [1.165, 1.54) is 11.8 Å². The van der Waals surface area contributed by atoms with Gasteiger partial charge in [0, 0.05) is 40.0 Å². The van der Waals surface area contributed by atoms with Gasteiger partial charge < -0.3 is 14.2 Å². The van der Waals surface area contributed by atoms with E-state index >= 15 is 0 Å². The van der Waals surface area contributed by atoms with Gasteiger partial charge in [-0.05, 0) is 43.2 Å². The van der Waals surface area contributed by atoms with Gasteiger partial charge >= 0.3 is 0 Å². The molecule has 1 unspecified atom stereocenters. The van der Waals surface area contributed by atoms with Crippen molar-refractivity contribution >= 4 is 46.1 Å². The molecule has 3 aromatic heterocycles. The maximum Gasteiger partial charge on any atom is 0.264 e. The fourth-order valence-electron chi connectivity index (χ4n) is 4.10. The molecule has 1 aliphatic heterocycles. The molecule has 30 heavy (non-hydrogen) atoms. The van der Waals surface area contributed by atoms with Gasteiger partial charge in [-0.2, -0.15) is 5.10 Å². The van der Waals surface area contributed by atoms with Gasteiger partial charge in [0.1, 0.15) is 17.1 Å². The Bertz CT molecular complexity index is 1330. The number of fused-ring (bicyclic) bond motifs is 2. The largest absolute Gasteiger partial charge is 0.453 e. The second kappa shape index (κ2) is 6.78. The molecule has 0 saturated heterocycles. The Balaban J connectivity index is 1.36. The first-order valence-corrected chi connectivity index (χ1v) is 10.8. The first-order chi connectivity index (χ1) is 14.7. The fourth-order valence-corrected chi connectivity index (χ4v) is 4.99. The molecule has 0 bridgehead atoms. The zero-order chi connectivity index (χ0) is 20.2. The normalized spacial score (nSPS) is 18.4. The van der Waals surface area contributed by atoms with Gasteiger partial charge in [-0.1, -0.05) is 11.6 Å². The predicted molar refractivity (Wildman–Crippen MR) is 112 cm³/mol. The molecule has 0 saturated carbocycles. The van der Waals surface area contributed by atoms with Crippen molar-refractivity contribution in [3.63, 3.8) is 0 Å². The summed E-state index contributed by atoms with van der Waals surface area (Å²) in [7, 11) is 0. The van der Waals surface area contributed by atoms with Crippen LogP contribution in [-0.2, 0) is 4.79 Å². The summed E-state index contributed by atoms with van der Waals surface area (Å²) in [6.07, 6.45) is 3.99. The molecule has 4 aromatic rings. The lowest BCUT2D eigenvalue weighted by Gasteiger charge is -2.30. The van der Waals surface area contributed by atoms with Gasteiger partial charge in [0.2, 0.25) is 0 Å². The molecule has 0 fully saturated rings. The standard InChI is InChI=1S/C21H15ClN4O3S/c22-10-4-5-15-13(8-10)25-21(29-15)30-17-7-6-16(28-17)18-11-9-23-26-20(11)24-12-2-1-3-14(27)19(12)18/h4-9,18H,1-3H2,(H2,23,24,26). The van der Waals surface area contributed by atoms with E-state index in [2.05, 4.69) is 20.5 Å². The number of H-pyrrole nitrogens is 1. The monoisotopic (exact) mass is 438 g/mol. The van der Waals surface area contributed by atoms with E-state index in [9.17, 15) is 4.79 Å². The van der Waals surface area contributed by atoms with Gasteiger partial charge in [0.15, 0.2) is 16.5 Å². The molecule has 0 spiro atoms. The van der Waals surface area contributed by atoms with E-state index in [-0.39, 0.29) is 11.7 Å². The Morgan fingerprint density at radius 1 is 1.17 bits per heavy atom. The Hall–Kier alpha value is -2.97. The number of carbonyl (C=O) groups excluding carboxylic acids is 1. The van der Waals surface area contributed by atoms with Crippen LogP contribution in [-0.4, -0.2) is 21.0 Å². The first-order valence-electron chi connectivity index (χ1n) is 9.56. The minimum Gasteiger partial charge on any atom is -0.453 e. The summed E-state index contributed by atoms with van der Waals surface area (Å²) in [6.45, 7) is 0. The molecule has 1 atom stereocenters. The second-order valence-corrected chi connectivity index (χ2v) is 8.67. The highest BCUT2D eigenvalue weighted by molar-refractivity contribution is 7.99. The molecule has 0 radical (unpaired) electrons. The first kappa shape index (κ1) is 17.9. The van der Waals surface area contributed by atoms with Crippen LogP contribution in [0, 0.1) is 0 Å². The van der Waals surface area contributed by atoms with E-state index in [4.69, 9.17) is 20.4 Å². The smallest absolute Gasteiger partial charge is 0.264 e. The van der Waals surface area contributed by atoms with Crippen LogP contribution >= 0.6 is 23.4 Å². The van der Waals surface area contributed by atoms with Crippen molar-refractivity contribution < 1.29 is 13.6 Å². The predicted octanol–water partition coefficient (Wildman–Crippen LogP) is 5.51. The number of nitrogens with one attached hydrogen (secondary N) is 2. The van der Waals surface area contributed by atoms with Crippen molar-refractivity contribution in [1.29, 1.82) is 0 Å². The number of ketones is 1. The van der Waals surface area contributed by atoms with Crippen LogP contribution in [0.1, 0.15) is 36.5 Å². The van der Waals surface area contributed by atoms with Crippen LogP contribution in [0.4, 0.5) is 5.82 Å². The molecular weight excluding hydrogens is 424 g/mol. The Labute approximate surface area is 179 Å². The van der Waals surface area contributed by atoms with Crippen LogP contribution in [0.5, 0.6) is 0 Å². The number of aromatic amines is 1. The van der Waals surface area contributed by atoms with Crippen LogP contribution < -0.4 is 5.32 Å². The summed E-state index contributed by atoms with van der Waals surface area (Å²) in [5, 5.41) is 12.2. The van der Waals surface area contributed by atoms with Crippen LogP contribution in [0.15, 0.2) is 66.9 Å². The SMILES string of the molecule is O=C1CCCC2=C1C(c1ccc(Sc3nc4cc(Cl)ccc4o3)o1)c1cn[nH]c1N2. The van der Waals surface area contributed by atoms with Crippen molar-refractivity contribution in [2.24, 2.45) is 0 Å². The average molecular weight is 439 g/mol. The van der Waals surface area contributed by atoms with Gasteiger partial charge in [0.05, 0.1) is 12.1 Å². The highest BCUT2D eigenvalue weighted by Crippen LogP contribution is 2.45. The van der Waals surface area contributed by atoms with Crippen molar-refractivity contribution in [1.82, 2.24) is 15.2 Å². The number of halogens is 1. The number of furan rings is 1. The topological polar surface area (TPSA) is 96.9 Å². The summed E-state index contributed by atoms with van der Waals surface area (Å²) in [6, 6.07) is 9.09. The maximum atomic E-state index is 12.8. The number of hydrogen-bond donors (Lipinski definition) is 2. The van der Waals surface area contributed by atoms with E-state index in [1.807, 2.05) is 12.1 Å². The van der Waals surface area contributed by atoms with E-state index < -0.39 is 0 Å². The van der Waals surface area contributed by atoms with Gasteiger partial charge in [0.25, 0.3) is 5.22 Å². The summed E-state index contributed by atoms with van der Waals surface area (Å²) in [5.74, 6) is 1.39. The number of carbonyl (C=O) groups is 1. The molecular formula is C21H15ClN4O3S. The number of Topliss-reactive ketones (excluding diaryl/α,β-unsaturated/α-hetero) is 1. The minimum absolute atomic E-state index is 0.155. The molecule has 1 aromatic carbocycles. The number of benzene rings is 1. The van der Waals surface area contributed by atoms with Crippen LogP contribution in [0.3, 0.4) is 0 Å². The number of rotatable bonds is 3. The summed E-state index contributed by atoms with van der Waals surface area (Å²) in [4.78, 5) is 17.2. The molecule has 7 nitrogen and oxygen atoms in total. The highest BCUT2D eigenvalue weighted by Gasteiger charge is 2.37. The molecule has 2 N–H and O–H groups in total.